The number of nitrogens with one attached hydrogen (secondary N) is 2. The average Bonchev–Trinajstić information content (AvgIpc) is 2.61. The van der Waals surface area contributed by atoms with Gasteiger partial charge in [-0.2, -0.15) is 0 Å². The standard InChI is InChI=1S/C18H28ClN5.HI/c1-2-20-18(21-7-6-15-4-3-5-16(19)12-15)22-13-17-14-23-8-10-24(17)11-9-23;/h3-5,12,17H,2,6-11,13-14H2,1H3,(H2,20,21,22);1H. The smallest absolute Gasteiger partial charge is 0.191 e. The number of hydrogen-bond acceptors (Lipinski definition) is 3. The molecule has 5 nitrogen and oxygen atoms in total. The Balaban J connectivity index is 0.00000225. The first-order valence-corrected chi connectivity index (χ1v) is 9.35. The normalized spacial score (nSPS) is 25.4. The van der Waals surface area contributed by atoms with E-state index in [2.05, 4.69) is 33.4 Å². The summed E-state index contributed by atoms with van der Waals surface area (Å²) in [5, 5.41) is 7.58. The Hall–Kier alpha value is -0.570. The van der Waals surface area contributed by atoms with E-state index in [0.717, 1.165) is 43.6 Å². The molecule has 1 aromatic rings. The summed E-state index contributed by atoms with van der Waals surface area (Å²) in [6.07, 6.45) is 0.939. The third kappa shape index (κ3) is 6.27. The van der Waals surface area contributed by atoms with Crippen molar-refractivity contribution in [3.63, 3.8) is 0 Å². The zero-order valence-electron chi connectivity index (χ0n) is 14.9. The average molecular weight is 478 g/mol. The van der Waals surface area contributed by atoms with Crippen LogP contribution in [0.1, 0.15) is 12.5 Å². The summed E-state index contributed by atoms with van der Waals surface area (Å²) in [5.74, 6) is 0.914. The Labute approximate surface area is 173 Å². The second kappa shape index (κ2) is 10.5. The highest BCUT2D eigenvalue weighted by Gasteiger charge is 2.31. The van der Waals surface area contributed by atoms with Crippen LogP contribution in [0.2, 0.25) is 5.02 Å². The van der Waals surface area contributed by atoms with Crippen molar-refractivity contribution in [1.29, 1.82) is 0 Å². The highest BCUT2D eigenvalue weighted by Crippen LogP contribution is 2.15. The second-order valence-electron chi connectivity index (χ2n) is 6.52. The van der Waals surface area contributed by atoms with Gasteiger partial charge in [0.1, 0.15) is 0 Å². The number of benzene rings is 1. The number of fused-ring (bicyclic) bond motifs is 3. The van der Waals surface area contributed by atoms with E-state index in [9.17, 15) is 0 Å². The topological polar surface area (TPSA) is 42.9 Å². The number of halogens is 2. The van der Waals surface area contributed by atoms with Gasteiger partial charge in [-0.1, -0.05) is 23.7 Å². The van der Waals surface area contributed by atoms with Gasteiger partial charge in [0.25, 0.3) is 0 Å². The fraction of sp³-hybridized carbons (Fsp3) is 0.611. The maximum absolute atomic E-state index is 6.04. The van der Waals surface area contributed by atoms with Crippen LogP contribution in [0.25, 0.3) is 0 Å². The van der Waals surface area contributed by atoms with Crippen molar-refractivity contribution in [2.75, 3.05) is 52.4 Å². The Morgan fingerprint density at radius 3 is 2.68 bits per heavy atom. The molecular weight excluding hydrogens is 449 g/mol. The molecule has 3 aliphatic rings. The van der Waals surface area contributed by atoms with Gasteiger partial charge >= 0.3 is 0 Å². The number of hydrogen-bond donors (Lipinski definition) is 2. The Kier molecular flexibility index (Phi) is 8.75. The summed E-state index contributed by atoms with van der Waals surface area (Å²) in [7, 11) is 0. The highest BCUT2D eigenvalue weighted by molar-refractivity contribution is 14.0. The first-order valence-electron chi connectivity index (χ1n) is 8.97. The first-order chi connectivity index (χ1) is 11.7. The second-order valence-corrected chi connectivity index (χ2v) is 6.95. The summed E-state index contributed by atoms with van der Waals surface area (Å²) in [5.41, 5.74) is 1.24. The molecule has 3 heterocycles. The Bertz CT molecular complexity index is 560. The third-order valence-electron chi connectivity index (χ3n) is 4.79. The summed E-state index contributed by atoms with van der Waals surface area (Å²) in [6.45, 7) is 10.7. The molecule has 25 heavy (non-hydrogen) atoms. The molecule has 7 heteroatoms. The molecule has 0 aromatic heterocycles. The predicted molar refractivity (Wildman–Crippen MR) is 116 cm³/mol. The van der Waals surface area contributed by atoms with Crippen molar-refractivity contribution in [3.05, 3.63) is 34.9 Å². The number of nitrogens with zero attached hydrogens (tertiary/aromatic N) is 3. The van der Waals surface area contributed by atoms with E-state index in [4.69, 9.17) is 16.6 Å². The summed E-state index contributed by atoms with van der Waals surface area (Å²) < 4.78 is 0. The van der Waals surface area contributed by atoms with Gasteiger partial charge in [0.15, 0.2) is 5.96 Å². The molecule has 3 saturated heterocycles. The number of guanidine groups is 1. The molecule has 3 fully saturated rings. The van der Waals surface area contributed by atoms with Crippen LogP contribution in [0.15, 0.2) is 29.3 Å². The van der Waals surface area contributed by atoms with Crippen molar-refractivity contribution in [1.82, 2.24) is 20.4 Å². The van der Waals surface area contributed by atoms with E-state index in [-0.39, 0.29) is 24.0 Å². The van der Waals surface area contributed by atoms with Gasteiger partial charge in [0.2, 0.25) is 0 Å². The first kappa shape index (κ1) is 20.7. The van der Waals surface area contributed by atoms with Crippen LogP contribution in [0.4, 0.5) is 0 Å². The van der Waals surface area contributed by atoms with E-state index in [0.29, 0.717) is 6.04 Å². The van der Waals surface area contributed by atoms with Gasteiger partial charge in [0, 0.05) is 56.9 Å². The zero-order chi connectivity index (χ0) is 16.8. The molecule has 1 atom stereocenters. The van der Waals surface area contributed by atoms with Gasteiger partial charge in [-0.05, 0) is 31.0 Å². The minimum absolute atomic E-state index is 0. The van der Waals surface area contributed by atoms with Gasteiger partial charge in [-0.25, -0.2) is 0 Å². The maximum Gasteiger partial charge on any atom is 0.191 e. The summed E-state index contributed by atoms with van der Waals surface area (Å²) >= 11 is 6.04. The van der Waals surface area contributed by atoms with Gasteiger partial charge in [0.05, 0.1) is 6.54 Å². The van der Waals surface area contributed by atoms with Crippen LogP contribution >= 0.6 is 35.6 Å². The fourth-order valence-corrected chi connectivity index (χ4v) is 3.67. The lowest BCUT2D eigenvalue weighted by atomic mass is 10.1. The molecule has 3 aliphatic heterocycles. The lowest BCUT2D eigenvalue weighted by molar-refractivity contribution is 0.0174. The Morgan fingerprint density at radius 1 is 1.24 bits per heavy atom. The molecule has 0 radical (unpaired) electrons. The van der Waals surface area contributed by atoms with E-state index in [1.165, 1.54) is 31.7 Å². The predicted octanol–water partition coefficient (Wildman–Crippen LogP) is 2.06. The van der Waals surface area contributed by atoms with Crippen LogP contribution in [0.5, 0.6) is 0 Å². The van der Waals surface area contributed by atoms with E-state index >= 15 is 0 Å². The Morgan fingerprint density at radius 2 is 2.04 bits per heavy atom. The quantitative estimate of drug-likeness (QED) is 0.374. The summed E-state index contributed by atoms with van der Waals surface area (Å²) in [4.78, 5) is 9.94. The summed E-state index contributed by atoms with van der Waals surface area (Å²) in [6, 6.07) is 8.61. The molecule has 0 amide bonds. The third-order valence-corrected chi connectivity index (χ3v) is 5.03. The molecule has 2 N–H and O–H groups in total. The monoisotopic (exact) mass is 477 g/mol. The maximum atomic E-state index is 6.04. The van der Waals surface area contributed by atoms with Crippen LogP contribution in [-0.4, -0.2) is 74.2 Å². The minimum Gasteiger partial charge on any atom is -0.357 e. The van der Waals surface area contributed by atoms with Crippen LogP contribution in [-0.2, 0) is 6.42 Å². The van der Waals surface area contributed by atoms with Gasteiger partial charge in [-0.3, -0.25) is 14.8 Å². The molecule has 1 aromatic carbocycles. The molecular formula is C18H29ClIN5. The number of rotatable bonds is 6. The minimum atomic E-state index is 0. The fourth-order valence-electron chi connectivity index (χ4n) is 3.45. The largest absolute Gasteiger partial charge is 0.357 e. The van der Waals surface area contributed by atoms with Gasteiger partial charge in [-0.15, -0.1) is 24.0 Å². The molecule has 0 aliphatic carbocycles. The van der Waals surface area contributed by atoms with Crippen molar-refractivity contribution in [2.24, 2.45) is 4.99 Å². The van der Waals surface area contributed by atoms with Crippen molar-refractivity contribution >= 4 is 41.5 Å². The van der Waals surface area contributed by atoms with Crippen molar-refractivity contribution < 1.29 is 0 Å². The lowest BCUT2D eigenvalue weighted by Gasteiger charge is -2.47. The molecule has 0 spiro atoms. The molecule has 1 unspecified atom stereocenters. The molecule has 2 bridgehead atoms. The zero-order valence-corrected chi connectivity index (χ0v) is 18.0. The van der Waals surface area contributed by atoms with Crippen LogP contribution < -0.4 is 10.6 Å². The molecule has 140 valence electrons. The molecule has 4 rings (SSSR count). The lowest BCUT2D eigenvalue weighted by Crippen LogP contribution is -2.62. The van der Waals surface area contributed by atoms with Crippen LogP contribution in [0.3, 0.4) is 0 Å². The molecule has 0 saturated carbocycles. The van der Waals surface area contributed by atoms with E-state index in [1.54, 1.807) is 0 Å². The number of piperazine rings is 3. The van der Waals surface area contributed by atoms with E-state index < -0.39 is 0 Å². The number of aliphatic imine (C=N–C) groups is 1. The highest BCUT2D eigenvalue weighted by atomic mass is 127. The SMILES string of the molecule is CCNC(=NCC1CN2CCN1CC2)NCCc1cccc(Cl)c1.I. The van der Waals surface area contributed by atoms with Crippen LogP contribution in [0, 0.1) is 0 Å². The van der Waals surface area contributed by atoms with Gasteiger partial charge < -0.3 is 10.6 Å². The van der Waals surface area contributed by atoms with E-state index in [1.807, 2.05) is 18.2 Å². The van der Waals surface area contributed by atoms with Crippen molar-refractivity contribution in [2.45, 2.75) is 19.4 Å². The van der Waals surface area contributed by atoms with Crippen molar-refractivity contribution in [3.8, 4) is 0 Å².